The average molecular weight is 326 g/mol. The van der Waals surface area contributed by atoms with E-state index in [-0.39, 0.29) is 11.5 Å². The summed E-state index contributed by atoms with van der Waals surface area (Å²) in [4.78, 5) is 4.35. The van der Waals surface area contributed by atoms with Crippen molar-refractivity contribution < 1.29 is 13.5 Å². The van der Waals surface area contributed by atoms with Crippen LogP contribution in [0, 0.1) is 6.92 Å². The third-order valence-corrected chi connectivity index (χ3v) is 6.11. The van der Waals surface area contributed by atoms with Crippen LogP contribution in [-0.2, 0) is 22.2 Å². The lowest BCUT2D eigenvalue weighted by atomic mass is 10.1. The Balaban J connectivity index is 2.40. The van der Waals surface area contributed by atoms with Crippen LogP contribution >= 0.6 is 11.3 Å². The Morgan fingerprint density at radius 3 is 2.67 bits per heavy atom. The summed E-state index contributed by atoms with van der Waals surface area (Å²) >= 11 is 1.40. The molecule has 0 aliphatic rings. The maximum atomic E-state index is 12.6. The highest BCUT2D eigenvalue weighted by Gasteiger charge is 2.31. The average Bonchev–Trinajstić information content (AvgIpc) is 2.92. The van der Waals surface area contributed by atoms with Crippen LogP contribution in [0.2, 0.25) is 0 Å². The summed E-state index contributed by atoms with van der Waals surface area (Å²) in [5.74, 6) is 0. The highest BCUT2D eigenvalue weighted by Crippen LogP contribution is 2.26. The SMILES string of the molecule is Cc1c(CO)cccc1S(=O)(=O)NC(C)(C)c1nccs1. The molecule has 5 nitrogen and oxygen atoms in total. The van der Waals surface area contributed by atoms with Gasteiger partial charge in [-0.15, -0.1) is 11.3 Å². The minimum Gasteiger partial charge on any atom is -0.392 e. The molecule has 21 heavy (non-hydrogen) atoms. The number of thiazole rings is 1. The molecule has 0 aliphatic heterocycles. The Kier molecular flexibility index (Phi) is 4.48. The Bertz CT molecular complexity index is 723. The maximum absolute atomic E-state index is 12.6. The summed E-state index contributed by atoms with van der Waals surface area (Å²) in [5.41, 5.74) is 0.363. The number of rotatable bonds is 5. The molecule has 1 aromatic carbocycles. The van der Waals surface area contributed by atoms with E-state index in [1.54, 1.807) is 39.1 Å². The van der Waals surface area contributed by atoms with Gasteiger partial charge < -0.3 is 5.11 Å². The quantitative estimate of drug-likeness (QED) is 0.882. The van der Waals surface area contributed by atoms with Gasteiger partial charge in [0.15, 0.2) is 0 Å². The number of sulfonamides is 1. The molecule has 1 aromatic heterocycles. The molecule has 0 saturated heterocycles. The number of aromatic nitrogens is 1. The summed E-state index contributed by atoms with van der Waals surface area (Å²) in [6.45, 7) is 5.05. The van der Waals surface area contributed by atoms with Gasteiger partial charge in [0.05, 0.1) is 17.0 Å². The molecular weight excluding hydrogens is 308 g/mol. The summed E-state index contributed by atoms with van der Waals surface area (Å²) in [6, 6.07) is 4.87. The van der Waals surface area contributed by atoms with Crippen molar-refractivity contribution in [1.82, 2.24) is 9.71 Å². The van der Waals surface area contributed by atoms with Crippen LogP contribution in [0.5, 0.6) is 0 Å². The first-order valence-electron chi connectivity index (χ1n) is 6.41. The predicted octanol–water partition coefficient (Wildman–Crippen LogP) is 2.16. The molecule has 0 bridgehead atoms. The molecule has 0 radical (unpaired) electrons. The van der Waals surface area contributed by atoms with Crippen molar-refractivity contribution in [3.8, 4) is 0 Å². The lowest BCUT2D eigenvalue weighted by Crippen LogP contribution is -2.41. The van der Waals surface area contributed by atoms with Crippen molar-refractivity contribution >= 4 is 21.4 Å². The van der Waals surface area contributed by atoms with Crippen LogP contribution in [0.4, 0.5) is 0 Å². The minimum absolute atomic E-state index is 0.179. The van der Waals surface area contributed by atoms with E-state index in [0.717, 1.165) is 0 Å². The highest BCUT2D eigenvalue weighted by atomic mass is 32.2. The van der Waals surface area contributed by atoms with Gasteiger partial charge in [-0.05, 0) is 38.0 Å². The van der Waals surface area contributed by atoms with E-state index < -0.39 is 15.6 Å². The third-order valence-electron chi connectivity index (χ3n) is 3.21. The molecule has 2 N–H and O–H groups in total. The normalized spacial score (nSPS) is 12.6. The van der Waals surface area contributed by atoms with Gasteiger partial charge in [-0.2, -0.15) is 4.72 Å². The topological polar surface area (TPSA) is 79.3 Å². The van der Waals surface area contributed by atoms with Gasteiger partial charge in [0.25, 0.3) is 0 Å². The largest absolute Gasteiger partial charge is 0.392 e. The second kappa shape index (κ2) is 5.84. The van der Waals surface area contributed by atoms with Crippen molar-refractivity contribution in [3.63, 3.8) is 0 Å². The van der Waals surface area contributed by atoms with Crippen LogP contribution in [0.1, 0.15) is 30.0 Å². The number of nitrogens with zero attached hydrogens (tertiary/aromatic N) is 1. The first-order chi connectivity index (χ1) is 9.78. The van der Waals surface area contributed by atoms with E-state index in [1.165, 1.54) is 17.4 Å². The number of nitrogens with one attached hydrogen (secondary N) is 1. The molecule has 0 spiro atoms. The van der Waals surface area contributed by atoms with Crippen molar-refractivity contribution in [2.45, 2.75) is 37.8 Å². The molecule has 0 fully saturated rings. The van der Waals surface area contributed by atoms with Crippen molar-refractivity contribution in [1.29, 1.82) is 0 Å². The van der Waals surface area contributed by atoms with Gasteiger partial charge in [0.2, 0.25) is 10.0 Å². The van der Waals surface area contributed by atoms with E-state index >= 15 is 0 Å². The maximum Gasteiger partial charge on any atom is 0.241 e. The summed E-state index contributed by atoms with van der Waals surface area (Å²) < 4.78 is 27.9. The van der Waals surface area contributed by atoms with Gasteiger partial charge in [0.1, 0.15) is 5.01 Å². The Morgan fingerprint density at radius 1 is 1.38 bits per heavy atom. The van der Waals surface area contributed by atoms with Crippen LogP contribution in [-0.4, -0.2) is 18.5 Å². The fourth-order valence-electron chi connectivity index (χ4n) is 2.09. The lowest BCUT2D eigenvalue weighted by molar-refractivity contribution is 0.280. The summed E-state index contributed by atoms with van der Waals surface area (Å²) in [5, 5.41) is 11.8. The molecule has 1 heterocycles. The molecular formula is C14H18N2O3S2. The van der Waals surface area contributed by atoms with Crippen LogP contribution in [0.3, 0.4) is 0 Å². The number of hydrogen-bond donors (Lipinski definition) is 2. The monoisotopic (exact) mass is 326 g/mol. The summed E-state index contributed by atoms with van der Waals surface area (Å²) in [7, 11) is -3.70. The zero-order valence-electron chi connectivity index (χ0n) is 12.1. The second-order valence-electron chi connectivity index (χ2n) is 5.27. The van der Waals surface area contributed by atoms with Crippen LogP contribution < -0.4 is 4.72 Å². The lowest BCUT2D eigenvalue weighted by Gasteiger charge is -2.24. The number of aliphatic hydroxyl groups excluding tert-OH is 1. The molecule has 0 amide bonds. The van der Waals surface area contributed by atoms with Crippen LogP contribution in [0.15, 0.2) is 34.7 Å². The third kappa shape index (κ3) is 3.32. The van der Waals surface area contributed by atoms with Gasteiger partial charge in [-0.3, -0.25) is 0 Å². The molecule has 114 valence electrons. The molecule has 0 aliphatic carbocycles. The number of hydrogen-bond acceptors (Lipinski definition) is 5. The van der Waals surface area contributed by atoms with Crippen LogP contribution in [0.25, 0.3) is 0 Å². The van der Waals surface area contributed by atoms with Gasteiger partial charge in [-0.25, -0.2) is 13.4 Å². The first kappa shape index (κ1) is 16.1. The second-order valence-corrected chi connectivity index (χ2v) is 7.81. The van der Waals surface area contributed by atoms with Crippen molar-refractivity contribution in [2.24, 2.45) is 0 Å². The number of aliphatic hydroxyl groups is 1. The summed E-state index contributed by atoms with van der Waals surface area (Å²) in [6.07, 6.45) is 1.65. The minimum atomic E-state index is -3.70. The molecule has 2 rings (SSSR count). The van der Waals surface area contributed by atoms with Gasteiger partial charge in [-0.1, -0.05) is 12.1 Å². The fourth-order valence-corrected chi connectivity index (χ4v) is 4.54. The van der Waals surface area contributed by atoms with E-state index in [0.29, 0.717) is 16.1 Å². The standard InChI is InChI=1S/C14H18N2O3S2/c1-10-11(9-17)5-4-6-12(10)21(18,19)16-14(2,3)13-15-7-8-20-13/h4-8,16-17H,9H2,1-3H3. The molecule has 7 heteroatoms. The Morgan fingerprint density at radius 2 is 2.10 bits per heavy atom. The zero-order chi connectivity index (χ0) is 15.7. The molecule has 0 atom stereocenters. The number of benzene rings is 1. The first-order valence-corrected chi connectivity index (χ1v) is 8.77. The van der Waals surface area contributed by atoms with Crippen molar-refractivity contribution in [2.75, 3.05) is 0 Å². The Labute approximate surface area is 128 Å². The van der Waals surface area contributed by atoms with E-state index in [4.69, 9.17) is 0 Å². The smallest absolute Gasteiger partial charge is 0.241 e. The van der Waals surface area contributed by atoms with E-state index in [1.807, 2.05) is 5.38 Å². The molecule has 0 saturated carbocycles. The van der Waals surface area contributed by atoms with E-state index in [2.05, 4.69) is 9.71 Å². The van der Waals surface area contributed by atoms with Gasteiger partial charge >= 0.3 is 0 Å². The van der Waals surface area contributed by atoms with Gasteiger partial charge in [0, 0.05) is 11.6 Å². The fraction of sp³-hybridized carbons (Fsp3) is 0.357. The zero-order valence-corrected chi connectivity index (χ0v) is 13.8. The predicted molar refractivity (Wildman–Crippen MR) is 82.6 cm³/mol. The van der Waals surface area contributed by atoms with E-state index in [9.17, 15) is 13.5 Å². The Hall–Kier alpha value is -1.28. The van der Waals surface area contributed by atoms with Crippen molar-refractivity contribution in [3.05, 3.63) is 45.9 Å². The molecule has 2 aromatic rings. The highest BCUT2D eigenvalue weighted by molar-refractivity contribution is 7.89. The molecule has 0 unspecified atom stereocenters.